The van der Waals surface area contributed by atoms with Crippen LogP contribution < -0.4 is 5.73 Å². The first-order chi connectivity index (χ1) is 5.25. The maximum absolute atomic E-state index is 9.31. The van der Waals surface area contributed by atoms with Crippen LogP contribution in [0.25, 0.3) is 0 Å². The standard InChI is InChI=1S/C7H11N3O/c1-5-6(7(11)2-8)3-9-4-10-5/h3-4,7,11H,2,8H2,1H3/t7-/m1/s1. The van der Waals surface area contributed by atoms with Gasteiger partial charge in [0, 0.05) is 24.0 Å². The van der Waals surface area contributed by atoms with Gasteiger partial charge in [-0.05, 0) is 6.92 Å². The molecule has 1 heterocycles. The maximum atomic E-state index is 9.31. The summed E-state index contributed by atoms with van der Waals surface area (Å²) in [6.45, 7) is 2.02. The van der Waals surface area contributed by atoms with Gasteiger partial charge in [-0.3, -0.25) is 0 Å². The molecule has 4 heteroatoms. The van der Waals surface area contributed by atoms with E-state index < -0.39 is 6.10 Å². The highest BCUT2D eigenvalue weighted by Crippen LogP contribution is 2.11. The molecule has 0 aliphatic carbocycles. The Labute approximate surface area is 65.1 Å². The van der Waals surface area contributed by atoms with E-state index in [0.717, 1.165) is 5.69 Å². The van der Waals surface area contributed by atoms with Gasteiger partial charge in [-0.2, -0.15) is 0 Å². The van der Waals surface area contributed by atoms with Crippen molar-refractivity contribution < 1.29 is 5.11 Å². The van der Waals surface area contributed by atoms with E-state index in [-0.39, 0.29) is 6.54 Å². The Morgan fingerprint density at radius 3 is 3.00 bits per heavy atom. The Kier molecular flexibility index (Phi) is 2.51. The molecule has 4 nitrogen and oxygen atoms in total. The van der Waals surface area contributed by atoms with Gasteiger partial charge in [0.25, 0.3) is 0 Å². The quantitative estimate of drug-likeness (QED) is 0.616. The Morgan fingerprint density at radius 2 is 2.45 bits per heavy atom. The van der Waals surface area contributed by atoms with Crippen LogP contribution in [0.15, 0.2) is 12.5 Å². The molecule has 1 atom stereocenters. The molecule has 1 aromatic heterocycles. The van der Waals surface area contributed by atoms with E-state index >= 15 is 0 Å². The molecule has 1 rings (SSSR count). The molecule has 3 N–H and O–H groups in total. The fraction of sp³-hybridized carbons (Fsp3) is 0.429. The minimum Gasteiger partial charge on any atom is -0.387 e. The van der Waals surface area contributed by atoms with Gasteiger partial charge in [0.05, 0.1) is 6.10 Å². The molecule has 0 fully saturated rings. The van der Waals surface area contributed by atoms with Crippen LogP contribution in [-0.2, 0) is 0 Å². The van der Waals surface area contributed by atoms with E-state index in [1.807, 2.05) is 6.92 Å². The normalized spacial score (nSPS) is 13.0. The summed E-state index contributed by atoms with van der Waals surface area (Å²) in [7, 11) is 0. The topological polar surface area (TPSA) is 72.0 Å². The summed E-state index contributed by atoms with van der Waals surface area (Å²) in [6, 6.07) is 0. The van der Waals surface area contributed by atoms with Crippen LogP contribution >= 0.6 is 0 Å². The predicted molar refractivity (Wildman–Crippen MR) is 40.8 cm³/mol. The number of aliphatic hydroxyl groups excluding tert-OH is 1. The largest absolute Gasteiger partial charge is 0.387 e. The maximum Gasteiger partial charge on any atom is 0.115 e. The Balaban J connectivity index is 2.93. The minimum absolute atomic E-state index is 0.203. The molecule has 0 radical (unpaired) electrons. The van der Waals surface area contributed by atoms with Gasteiger partial charge in [0.2, 0.25) is 0 Å². The molecular weight excluding hydrogens is 142 g/mol. The van der Waals surface area contributed by atoms with Crippen molar-refractivity contribution in [3.63, 3.8) is 0 Å². The van der Waals surface area contributed by atoms with Crippen LogP contribution in [0.4, 0.5) is 0 Å². The Hall–Kier alpha value is -1.00. The predicted octanol–water partition coefficient (Wildman–Crippen LogP) is -0.223. The van der Waals surface area contributed by atoms with Crippen LogP contribution in [0, 0.1) is 6.92 Å². The molecule has 0 unspecified atom stereocenters. The molecular formula is C7H11N3O. The van der Waals surface area contributed by atoms with E-state index in [0.29, 0.717) is 5.56 Å². The van der Waals surface area contributed by atoms with Crippen LogP contribution in [0.2, 0.25) is 0 Å². The van der Waals surface area contributed by atoms with Crippen LogP contribution in [-0.4, -0.2) is 21.6 Å². The highest BCUT2D eigenvalue weighted by molar-refractivity contribution is 5.17. The van der Waals surface area contributed by atoms with E-state index in [9.17, 15) is 5.11 Å². The van der Waals surface area contributed by atoms with Gasteiger partial charge in [0.1, 0.15) is 6.33 Å². The Bertz CT molecular complexity index is 239. The van der Waals surface area contributed by atoms with E-state index in [4.69, 9.17) is 5.73 Å². The van der Waals surface area contributed by atoms with Gasteiger partial charge in [0.15, 0.2) is 0 Å². The zero-order valence-electron chi connectivity index (χ0n) is 6.36. The minimum atomic E-state index is -0.642. The molecule has 0 aliphatic heterocycles. The second kappa shape index (κ2) is 3.41. The number of hydrogen-bond acceptors (Lipinski definition) is 4. The van der Waals surface area contributed by atoms with Gasteiger partial charge >= 0.3 is 0 Å². The van der Waals surface area contributed by atoms with Gasteiger partial charge < -0.3 is 10.8 Å². The van der Waals surface area contributed by atoms with Crippen molar-refractivity contribution in [1.82, 2.24) is 9.97 Å². The summed E-state index contributed by atoms with van der Waals surface area (Å²) in [5.74, 6) is 0. The average molecular weight is 153 g/mol. The number of aromatic nitrogens is 2. The molecule has 0 bridgehead atoms. The fourth-order valence-corrected chi connectivity index (χ4v) is 0.856. The molecule has 0 aliphatic rings. The lowest BCUT2D eigenvalue weighted by Crippen LogP contribution is -2.13. The van der Waals surface area contributed by atoms with Crippen molar-refractivity contribution in [2.24, 2.45) is 5.73 Å². The Morgan fingerprint density at radius 1 is 1.73 bits per heavy atom. The van der Waals surface area contributed by atoms with Crippen LogP contribution in [0.1, 0.15) is 17.4 Å². The zero-order valence-corrected chi connectivity index (χ0v) is 6.36. The number of rotatable bonds is 2. The van der Waals surface area contributed by atoms with Crippen LogP contribution in [0.3, 0.4) is 0 Å². The summed E-state index contributed by atoms with van der Waals surface area (Å²) in [6.07, 6.45) is 2.39. The molecule has 60 valence electrons. The fourth-order valence-electron chi connectivity index (χ4n) is 0.856. The van der Waals surface area contributed by atoms with Crippen molar-refractivity contribution in [3.05, 3.63) is 23.8 Å². The molecule has 0 saturated heterocycles. The second-order valence-corrected chi connectivity index (χ2v) is 2.31. The first-order valence-electron chi connectivity index (χ1n) is 3.40. The average Bonchev–Trinajstić information content (AvgIpc) is 2.04. The summed E-state index contributed by atoms with van der Waals surface area (Å²) >= 11 is 0. The zero-order chi connectivity index (χ0) is 8.27. The summed E-state index contributed by atoms with van der Waals surface area (Å²) in [5, 5.41) is 9.31. The molecule has 0 spiro atoms. The third-order valence-electron chi connectivity index (χ3n) is 1.53. The van der Waals surface area contributed by atoms with Crippen molar-refractivity contribution in [3.8, 4) is 0 Å². The highest BCUT2D eigenvalue weighted by atomic mass is 16.3. The number of nitrogens with zero attached hydrogens (tertiary/aromatic N) is 2. The lowest BCUT2D eigenvalue weighted by Gasteiger charge is -2.08. The first kappa shape index (κ1) is 8.10. The SMILES string of the molecule is Cc1ncncc1[C@H](O)CN. The lowest BCUT2D eigenvalue weighted by atomic mass is 10.1. The van der Waals surface area contributed by atoms with E-state index in [2.05, 4.69) is 9.97 Å². The number of hydrogen-bond donors (Lipinski definition) is 2. The first-order valence-corrected chi connectivity index (χ1v) is 3.40. The molecule has 0 amide bonds. The molecule has 0 aromatic carbocycles. The van der Waals surface area contributed by atoms with Crippen molar-refractivity contribution in [2.45, 2.75) is 13.0 Å². The summed E-state index contributed by atoms with van der Waals surface area (Å²) < 4.78 is 0. The number of aliphatic hydroxyl groups is 1. The monoisotopic (exact) mass is 153 g/mol. The number of aryl methyl sites for hydroxylation is 1. The second-order valence-electron chi connectivity index (χ2n) is 2.31. The van der Waals surface area contributed by atoms with Gasteiger partial charge in [-0.25, -0.2) is 9.97 Å². The third-order valence-corrected chi connectivity index (χ3v) is 1.53. The molecule has 1 aromatic rings. The van der Waals surface area contributed by atoms with Crippen molar-refractivity contribution in [1.29, 1.82) is 0 Å². The number of nitrogens with two attached hydrogens (primary N) is 1. The summed E-state index contributed by atoms with van der Waals surface area (Å²) in [4.78, 5) is 7.71. The van der Waals surface area contributed by atoms with E-state index in [1.165, 1.54) is 6.33 Å². The van der Waals surface area contributed by atoms with E-state index in [1.54, 1.807) is 6.20 Å². The van der Waals surface area contributed by atoms with Gasteiger partial charge in [-0.1, -0.05) is 0 Å². The molecule has 0 saturated carbocycles. The highest BCUT2D eigenvalue weighted by Gasteiger charge is 2.07. The molecule has 11 heavy (non-hydrogen) atoms. The van der Waals surface area contributed by atoms with Crippen molar-refractivity contribution >= 4 is 0 Å². The van der Waals surface area contributed by atoms with Crippen LogP contribution in [0.5, 0.6) is 0 Å². The van der Waals surface area contributed by atoms with Gasteiger partial charge in [-0.15, -0.1) is 0 Å². The summed E-state index contributed by atoms with van der Waals surface area (Å²) in [5.41, 5.74) is 6.75. The van der Waals surface area contributed by atoms with Crippen molar-refractivity contribution in [2.75, 3.05) is 6.54 Å². The smallest absolute Gasteiger partial charge is 0.115 e. The third kappa shape index (κ3) is 1.72. The lowest BCUT2D eigenvalue weighted by molar-refractivity contribution is 0.185.